The van der Waals surface area contributed by atoms with Gasteiger partial charge in [-0.05, 0) is 24.0 Å². The van der Waals surface area contributed by atoms with E-state index in [4.69, 9.17) is 4.52 Å². The second-order valence-electron chi connectivity index (χ2n) is 8.12. The Morgan fingerprint density at radius 2 is 2.00 bits per heavy atom. The summed E-state index contributed by atoms with van der Waals surface area (Å²) in [6, 6.07) is 12.4. The van der Waals surface area contributed by atoms with Gasteiger partial charge in [0.1, 0.15) is 18.1 Å². The third kappa shape index (κ3) is 2.73. The van der Waals surface area contributed by atoms with Crippen LogP contribution >= 0.6 is 0 Å². The van der Waals surface area contributed by atoms with Crippen molar-refractivity contribution in [2.45, 2.75) is 12.5 Å². The van der Waals surface area contributed by atoms with Crippen molar-refractivity contribution in [2.75, 3.05) is 18.0 Å². The number of rotatable bonds is 4. The number of nitriles is 1. The van der Waals surface area contributed by atoms with Gasteiger partial charge in [-0.1, -0.05) is 23.4 Å². The maximum absolute atomic E-state index is 12.6. The van der Waals surface area contributed by atoms with Crippen molar-refractivity contribution >= 4 is 16.7 Å². The first kappa shape index (κ1) is 17.8. The van der Waals surface area contributed by atoms with Crippen molar-refractivity contribution in [3.05, 3.63) is 64.4 Å². The largest absolute Gasteiger partial charge is 0.371 e. The van der Waals surface area contributed by atoms with E-state index in [-0.39, 0.29) is 28.8 Å². The van der Waals surface area contributed by atoms with Crippen LogP contribution in [0.25, 0.3) is 11.0 Å². The molecule has 1 aromatic carbocycles. The van der Waals surface area contributed by atoms with Gasteiger partial charge in [-0.15, -0.1) is 0 Å². The molecule has 3 aromatic heterocycles. The Morgan fingerprint density at radius 1 is 1.23 bits per heavy atom. The second-order valence-corrected chi connectivity index (χ2v) is 8.12. The molecule has 0 radical (unpaired) electrons. The Kier molecular flexibility index (Phi) is 3.74. The zero-order valence-corrected chi connectivity index (χ0v) is 16.7. The van der Waals surface area contributed by atoms with Crippen molar-refractivity contribution in [1.82, 2.24) is 29.5 Å². The number of nitrogens with zero attached hydrogens (tertiary/aromatic N) is 8. The van der Waals surface area contributed by atoms with Crippen LogP contribution in [0.15, 0.2) is 46.0 Å². The van der Waals surface area contributed by atoms with Gasteiger partial charge >= 0.3 is 0 Å². The van der Waals surface area contributed by atoms with Gasteiger partial charge in [-0.25, -0.2) is 9.67 Å². The molecule has 31 heavy (non-hydrogen) atoms. The molecule has 154 valence electrons. The predicted octanol–water partition coefficient (Wildman–Crippen LogP) is 1.28. The quantitative estimate of drug-likeness (QED) is 0.490. The number of hydrogen-bond donors (Lipinski definition) is 0. The van der Waals surface area contributed by atoms with Gasteiger partial charge in [-0.2, -0.15) is 15.3 Å². The molecule has 2 fully saturated rings. The lowest BCUT2D eigenvalue weighted by atomic mass is 10.2. The lowest BCUT2D eigenvalue weighted by Crippen LogP contribution is -2.23. The van der Waals surface area contributed by atoms with Crippen molar-refractivity contribution in [1.29, 1.82) is 5.26 Å². The molecular formula is C21H18N8O2. The molecule has 1 aliphatic carbocycles. The first-order valence-corrected chi connectivity index (χ1v) is 10.1. The fourth-order valence-electron chi connectivity index (χ4n) is 4.69. The maximum Gasteiger partial charge on any atom is 0.279 e. The molecule has 1 saturated heterocycles. The standard InChI is InChI=1S/C21H18N8O2/c1-27-11-23-18-15(7-22)25-29(19(18)21(27)30)10-16-24-20(26-31-16)17-13-8-28(9-14(13)17)12-5-3-2-4-6-12/h2-6,11,13-14,17H,8-10H2,1H3/t13-,14+,17+. The molecule has 0 bridgehead atoms. The molecule has 0 amide bonds. The summed E-state index contributed by atoms with van der Waals surface area (Å²) in [5, 5.41) is 17.7. The van der Waals surface area contributed by atoms with E-state index in [1.807, 2.05) is 12.1 Å². The van der Waals surface area contributed by atoms with E-state index in [1.54, 1.807) is 7.05 Å². The van der Waals surface area contributed by atoms with Gasteiger partial charge in [0.25, 0.3) is 5.56 Å². The molecule has 0 unspecified atom stereocenters. The minimum absolute atomic E-state index is 0.102. The van der Waals surface area contributed by atoms with E-state index in [0.717, 1.165) is 13.1 Å². The molecule has 4 heterocycles. The topological polar surface area (TPSA) is 119 Å². The third-order valence-corrected chi connectivity index (χ3v) is 6.30. The Hall–Kier alpha value is -4.00. The third-order valence-electron chi connectivity index (χ3n) is 6.30. The van der Waals surface area contributed by atoms with Gasteiger partial charge in [-0.3, -0.25) is 4.79 Å². The van der Waals surface area contributed by atoms with Crippen molar-refractivity contribution in [3.63, 3.8) is 0 Å². The smallest absolute Gasteiger partial charge is 0.279 e. The minimum Gasteiger partial charge on any atom is -0.371 e. The summed E-state index contributed by atoms with van der Waals surface area (Å²) in [7, 11) is 1.60. The van der Waals surface area contributed by atoms with E-state index >= 15 is 0 Å². The second kappa shape index (κ2) is 6.50. The van der Waals surface area contributed by atoms with E-state index in [9.17, 15) is 10.1 Å². The van der Waals surface area contributed by atoms with E-state index in [2.05, 4.69) is 49.4 Å². The lowest BCUT2D eigenvalue weighted by Gasteiger charge is -2.21. The summed E-state index contributed by atoms with van der Waals surface area (Å²) < 4.78 is 8.23. The predicted molar refractivity (Wildman–Crippen MR) is 109 cm³/mol. The molecule has 4 aromatic rings. The summed E-state index contributed by atoms with van der Waals surface area (Å²) in [6.07, 6.45) is 1.38. The summed E-state index contributed by atoms with van der Waals surface area (Å²) in [4.78, 5) is 23.7. The normalized spacial score (nSPS) is 21.9. The summed E-state index contributed by atoms with van der Waals surface area (Å²) in [5.74, 6) is 2.42. The van der Waals surface area contributed by atoms with Gasteiger partial charge in [0.05, 0.1) is 6.33 Å². The number of hydrogen-bond acceptors (Lipinski definition) is 8. The average Bonchev–Trinajstić information content (AvgIpc) is 3.20. The zero-order valence-electron chi connectivity index (χ0n) is 16.7. The molecule has 3 atom stereocenters. The fourth-order valence-corrected chi connectivity index (χ4v) is 4.69. The van der Waals surface area contributed by atoms with E-state index in [1.165, 1.54) is 21.3 Å². The van der Waals surface area contributed by atoms with Crippen molar-refractivity contribution < 1.29 is 4.52 Å². The van der Waals surface area contributed by atoms with Crippen LogP contribution in [0.3, 0.4) is 0 Å². The molecule has 2 aliphatic rings. The molecule has 1 aliphatic heterocycles. The summed E-state index contributed by atoms with van der Waals surface area (Å²) in [6.45, 7) is 2.09. The highest BCUT2D eigenvalue weighted by molar-refractivity contribution is 5.78. The molecule has 0 spiro atoms. The van der Waals surface area contributed by atoms with Gasteiger partial charge in [0, 0.05) is 31.7 Å². The highest BCUT2D eigenvalue weighted by atomic mass is 16.5. The van der Waals surface area contributed by atoms with Crippen LogP contribution in [0.4, 0.5) is 5.69 Å². The SMILES string of the molecule is Cn1cnc2c(C#N)nn(Cc3nc([C@H]4[C@@H]5CN(c6ccccc6)C[C@@H]54)no3)c2c1=O. The number of anilines is 1. The highest BCUT2D eigenvalue weighted by Crippen LogP contribution is 2.57. The molecule has 0 N–H and O–H groups in total. The Bertz CT molecular complexity index is 1380. The van der Waals surface area contributed by atoms with Gasteiger partial charge in [0.2, 0.25) is 5.89 Å². The number of aryl methyl sites for hydroxylation is 1. The zero-order chi connectivity index (χ0) is 21.1. The van der Waals surface area contributed by atoms with Crippen LogP contribution < -0.4 is 10.5 Å². The monoisotopic (exact) mass is 414 g/mol. The van der Waals surface area contributed by atoms with E-state index in [0.29, 0.717) is 29.5 Å². The number of piperidine rings is 1. The fraction of sp³-hybridized carbons (Fsp3) is 0.333. The Balaban J connectivity index is 1.22. The van der Waals surface area contributed by atoms with Crippen LogP contribution in [0.2, 0.25) is 0 Å². The van der Waals surface area contributed by atoms with Crippen LogP contribution in [0.1, 0.15) is 23.3 Å². The number of aromatic nitrogens is 6. The molecule has 10 nitrogen and oxygen atoms in total. The Labute approximate surface area is 176 Å². The average molecular weight is 414 g/mol. The molecule has 10 heteroatoms. The first-order valence-electron chi connectivity index (χ1n) is 10.1. The number of benzene rings is 1. The van der Waals surface area contributed by atoms with Crippen LogP contribution in [0, 0.1) is 23.2 Å². The van der Waals surface area contributed by atoms with Crippen molar-refractivity contribution in [3.8, 4) is 6.07 Å². The highest BCUT2D eigenvalue weighted by Gasteiger charge is 2.58. The minimum atomic E-state index is -0.281. The van der Waals surface area contributed by atoms with Gasteiger partial charge < -0.3 is 14.0 Å². The summed E-state index contributed by atoms with van der Waals surface area (Å²) >= 11 is 0. The summed E-state index contributed by atoms with van der Waals surface area (Å²) in [5.41, 5.74) is 1.60. The maximum atomic E-state index is 12.6. The number of fused-ring (bicyclic) bond motifs is 2. The molecular weight excluding hydrogens is 396 g/mol. The van der Waals surface area contributed by atoms with Gasteiger partial charge in [0.15, 0.2) is 17.0 Å². The van der Waals surface area contributed by atoms with E-state index < -0.39 is 0 Å². The Morgan fingerprint density at radius 3 is 2.74 bits per heavy atom. The molecule has 6 rings (SSSR count). The van der Waals surface area contributed by atoms with Crippen LogP contribution in [-0.4, -0.2) is 42.6 Å². The number of para-hydroxylation sites is 1. The van der Waals surface area contributed by atoms with Crippen molar-refractivity contribution in [2.24, 2.45) is 18.9 Å². The lowest BCUT2D eigenvalue weighted by molar-refractivity contribution is 0.362. The van der Waals surface area contributed by atoms with Crippen LogP contribution in [0.5, 0.6) is 0 Å². The molecule has 1 saturated carbocycles. The van der Waals surface area contributed by atoms with Crippen LogP contribution in [-0.2, 0) is 13.6 Å². The first-order chi connectivity index (χ1) is 15.1.